The third-order valence-corrected chi connectivity index (χ3v) is 5.01. The maximum atomic E-state index is 6.75. The molecule has 1 aliphatic rings. The minimum atomic E-state index is -0.0684. The second-order valence-corrected chi connectivity index (χ2v) is 6.63. The van der Waals surface area contributed by atoms with Crippen molar-refractivity contribution in [1.82, 2.24) is 0 Å². The molecular weight excluding hydrogens is 302 g/mol. The zero-order valence-electron chi connectivity index (χ0n) is 11.9. The molecule has 1 saturated carbocycles. The van der Waals surface area contributed by atoms with Gasteiger partial charge in [0.05, 0.1) is 7.11 Å². The topological polar surface area (TPSA) is 35.2 Å². The largest absolute Gasteiger partial charge is 0.496 e. The van der Waals surface area contributed by atoms with Gasteiger partial charge in [0.1, 0.15) is 5.75 Å². The van der Waals surface area contributed by atoms with Crippen LogP contribution in [-0.4, -0.2) is 12.6 Å². The highest BCUT2D eigenvalue weighted by molar-refractivity contribution is 9.10. The highest BCUT2D eigenvalue weighted by Crippen LogP contribution is 2.38. The van der Waals surface area contributed by atoms with Gasteiger partial charge >= 0.3 is 0 Å². The molecule has 1 fully saturated rings. The van der Waals surface area contributed by atoms with Gasteiger partial charge in [-0.15, -0.1) is 0 Å². The van der Waals surface area contributed by atoms with E-state index in [-0.39, 0.29) is 5.54 Å². The molecule has 0 radical (unpaired) electrons. The third kappa shape index (κ3) is 3.32. The van der Waals surface area contributed by atoms with E-state index in [0.29, 0.717) is 5.92 Å². The number of hydrogen-bond donors (Lipinski definition) is 1. The van der Waals surface area contributed by atoms with Gasteiger partial charge in [0, 0.05) is 10.0 Å². The fraction of sp³-hybridized carbons (Fsp3) is 0.625. The van der Waals surface area contributed by atoms with Crippen molar-refractivity contribution in [3.8, 4) is 5.75 Å². The first-order chi connectivity index (χ1) is 9.09. The standard InChI is InChI=1S/C16H24BrNO/c1-3-13-6-4-5-9-16(13,18)11-12-10-14(17)7-8-15(12)19-2/h7-8,10,13H,3-6,9,11,18H2,1-2H3. The zero-order chi connectivity index (χ0) is 13.9. The van der Waals surface area contributed by atoms with E-state index in [0.717, 1.165) is 23.1 Å². The number of methoxy groups -OCH3 is 1. The molecule has 19 heavy (non-hydrogen) atoms. The van der Waals surface area contributed by atoms with Crippen molar-refractivity contribution in [3.63, 3.8) is 0 Å². The number of nitrogens with two attached hydrogens (primary N) is 1. The van der Waals surface area contributed by atoms with Crippen LogP contribution < -0.4 is 10.5 Å². The van der Waals surface area contributed by atoms with E-state index in [1.807, 2.05) is 12.1 Å². The first-order valence-corrected chi connectivity index (χ1v) is 7.99. The fourth-order valence-electron chi connectivity index (χ4n) is 3.42. The number of benzene rings is 1. The van der Waals surface area contributed by atoms with Crippen molar-refractivity contribution >= 4 is 15.9 Å². The Labute approximate surface area is 124 Å². The van der Waals surface area contributed by atoms with E-state index in [4.69, 9.17) is 10.5 Å². The average Bonchev–Trinajstić information content (AvgIpc) is 2.39. The van der Waals surface area contributed by atoms with E-state index in [2.05, 4.69) is 28.9 Å². The summed E-state index contributed by atoms with van der Waals surface area (Å²) < 4.78 is 6.57. The number of halogens is 1. The van der Waals surface area contributed by atoms with E-state index in [1.165, 1.54) is 31.2 Å². The van der Waals surface area contributed by atoms with Gasteiger partial charge in [-0.3, -0.25) is 0 Å². The lowest BCUT2D eigenvalue weighted by molar-refractivity contribution is 0.181. The van der Waals surface area contributed by atoms with Gasteiger partial charge < -0.3 is 10.5 Å². The van der Waals surface area contributed by atoms with Crippen molar-refractivity contribution in [2.75, 3.05) is 7.11 Å². The Morgan fingerprint density at radius 2 is 2.21 bits per heavy atom. The number of hydrogen-bond acceptors (Lipinski definition) is 2. The van der Waals surface area contributed by atoms with Crippen LogP contribution >= 0.6 is 15.9 Å². The van der Waals surface area contributed by atoms with Gasteiger partial charge in [0.2, 0.25) is 0 Å². The van der Waals surface area contributed by atoms with Crippen LogP contribution in [0.1, 0.15) is 44.6 Å². The van der Waals surface area contributed by atoms with Crippen LogP contribution in [0, 0.1) is 5.92 Å². The predicted molar refractivity (Wildman–Crippen MR) is 83.6 cm³/mol. The summed E-state index contributed by atoms with van der Waals surface area (Å²) in [5.41, 5.74) is 7.90. The molecule has 0 aromatic heterocycles. The molecule has 3 heteroatoms. The van der Waals surface area contributed by atoms with E-state index >= 15 is 0 Å². The van der Waals surface area contributed by atoms with Crippen molar-refractivity contribution in [1.29, 1.82) is 0 Å². The summed E-state index contributed by atoms with van der Waals surface area (Å²) in [7, 11) is 1.73. The summed E-state index contributed by atoms with van der Waals surface area (Å²) in [5, 5.41) is 0. The van der Waals surface area contributed by atoms with E-state index < -0.39 is 0 Å². The summed E-state index contributed by atoms with van der Waals surface area (Å²) in [6.07, 6.45) is 7.06. The Morgan fingerprint density at radius 1 is 1.42 bits per heavy atom. The van der Waals surface area contributed by atoms with Gasteiger partial charge in [-0.2, -0.15) is 0 Å². The van der Waals surface area contributed by atoms with Crippen LogP contribution in [0.3, 0.4) is 0 Å². The lowest BCUT2D eigenvalue weighted by Crippen LogP contribution is -2.50. The maximum Gasteiger partial charge on any atom is 0.122 e. The van der Waals surface area contributed by atoms with Crippen LogP contribution in [0.25, 0.3) is 0 Å². The van der Waals surface area contributed by atoms with Crippen molar-refractivity contribution in [3.05, 3.63) is 28.2 Å². The molecule has 0 amide bonds. The fourth-order valence-corrected chi connectivity index (χ4v) is 3.83. The molecular formula is C16H24BrNO. The third-order valence-electron chi connectivity index (χ3n) is 4.51. The molecule has 2 unspecified atom stereocenters. The molecule has 1 aromatic carbocycles. The van der Waals surface area contributed by atoms with E-state index in [1.54, 1.807) is 7.11 Å². The first-order valence-electron chi connectivity index (χ1n) is 7.20. The molecule has 106 valence electrons. The average molecular weight is 326 g/mol. The van der Waals surface area contributed by atoms with E-state index in [9.17, 15) is 0 Å². The molecule has 2 rings (SSSR count). The highest BCUT2D eigenvalue weighted by atomic mass is 79.9. The maximum absolute atomic E-state index is 6.75. The molecule has 0 spiro atoms. The Morgan fingerprint density at radius 3 is 2.89 bits per heavy atom. The van der Waals surface area contributed by atoms with Crippen LogP contribution in [0.15, 0.2) is 22.7 Å². The lowest BCUT2D eigenvalue weighted by atomic mass is 9.69. The number of ether oxygens (including phenoxy) is 1. The summed E-state index contributed by atoms with van der Waals surface area (Å²) in [4.78, 5) is 0. The van der Waals surface area contributed by atoms with Gasteiger partial charge in [-0.05, 0) is 48.9 Å². The van der Waals surface area contributed by atoms with Crippen LogP contribution in [0.2, 0.25) is 0 Å². The van der Waals surface area contributed by atoms with Crippen molar-refractivity contribution in [2.24, 2.45) is 11.7 Å². The smallest absolute Gasteiger partial charge is 0.122 e. The first kappa shape index (κ1) is 14.9. The van der Waals surface area contributed by atoms with Crippen LogP contribution in [-0.2, 0) is 6.42 Å². The number of rotatable bonds is 4. The highest BCUT2D eigenvalue weighted by Gasteiger charge is 2.36. The molecule has 2 nitrogen and oxygen atoms in total. The summed E-state index contributed by atoms with van der Waals surface area (Å²) in [5.74, 6) is 1.58. The normalized spacial score (nSPS) is 27.3. The molecule has 1 aliphatic carbocycles. The van der Waals surface area contributed by atoms with Crippen molar-refractivity contribution in [2.45, 2.75) is 51.0 Å². The SMILES string of the molecule is CCC1CCCCC1(N)Cc1cc(Br)ccc1OC. The second-order valence-electron chi connectivity index (χ2n) is 5.72. The second kappa shape index (κ2) is 6.27. The molecule has 2 N–H and O–H groups in total. The zero-order valence-corrected chi connectivity index (χ0v) is 13.5. The minimum absolute atomic E-state index is 0.0684. The summed E-state index contributed by atoms with van der Waals surface area (Å²) in [6.45, 7) is 2.26. The van der Waals surface area contributed by atoms with Crippen molar-refractivity contribution < 1.29 is 4.74 Å². The van der Waals surface area contributed by atoms with Crippen LogP contribution in [0.5, 0.6) is 5.75 Å². The molecule has 0 saturated heterocycles. The predicted octanol–water partition coefficient (Wildman–Crippen LogP) is 4.30. The minimum Gasteiger partial charge on any atom is -0.496 e. The van der Waals surface area contributed by atoms with Gasteiger partial charge in [-0.25, -0.2) is 0 Å². The molecule has 2 atom stereocenters. The monoisotopic (exact) mass is 325 g/mol. The quantitative estimate of drug-likeness (QED) is 0.895. The van der Waals surface area contributed by atoms with Gasteiger partial charge in [0.15, 0.2) is 0 Å². The molecule has 0 aliphatic heterocycles. The lowest BCUT2D eigenvalue weighted by Gasteiger charge is -2.41. The Hall–Kier alpha value is -0.540. The summed E-state index contributed by atoms with van der Waals surface area (Å²) >= 11 is 3.54. The Kier molecular flexibility index (Phi) is 4.91. The van der Waals surface area contributed by atoms with Gasteiger partial charge in [0.25, 0.3) is 0 Å². The van der Waals surface area contributed by atoms with Crippen LogP contribution in [0.4, 0.5) is 0 Å². The Balaban J connectivity index is 2.25. The summed E-state index contributed by atoms with van der Waals surface area (Å²) in [6, 6.07) is 6.19. The Bertz CT molecular complexity index is 435. The molecule has 0 heterocycles. The molecule has 0 bridgehead atoms. The molecule has 1 aromatic rings. The van der Waals surface area contributed by atoms with Gasteiger partial charge in [-0.1, -0.05) is 42.1 Å².